The van der Waals surface area contributed by atoms with Gasteiger partial charge in [0.2, 0.25) is 0 Å². The van der Waals surface area contributed by atoms with E-state index in [2.05, 4.69) is 17.4 Å². The van der Waals surface area contributed by atoms with Crippen molar-refractivity contribution >= 4 is 17.4 Å². The number of rotatable bonds is 6. The molecular formula is C15H16FNS. The van der Waals surface area contributed by atoms with Crippen LogP contribution in [0.5, 0.6) is 0 Å². The molecule has 0 aliphatic heterocycles. The highest BCUT2D eigenvalue weighted by Gasteiger charge is 1.98. The molecule has 2 rings (SSSR count). The third kappa shape index (κ3) is 4.08. The lowest BCUT2D eigenvalue weighted by molar-refractivity contribution is 0.630. The fraction of sp³-hybridized carbons (Fsp3) is 0.200. The lowest BCUT2D eigenvalue weighted by atomic mass is 10.2. The highest BCUT2D eigenvalue weighted by Crippen LogP contribution is 2.14. The summed E-state index contributed by atoms with van der Waals surface area (Å²) in [6.45, 7) is 0.776. The van der Waals surface area contributed by atoms with Crippen LogP contribution in [0.1, 0.15) is 5.56 Å². The summed E-state index contributed by atoms with van der Waals surface area (Å²) in [5.74, 6) is 1.77. The van der Waals surface area contributed by atoms with Gasteiger partial charge in [-0.2, -0.15) is 11.8 Å². The molecule has 18 heavy (non-hydrogen) atoms. The van der Waals surface area contributed by atoms with Gasteiger partial charge in [-0.05, 0) is 17.7 Å². The van der Waals surface area contributed by atoms with Gasteiger partial charge >= 0.3 is 0 Å². The van der Waals surface area contributed by atoms with Crippen LogP contribution < -0.4 is 5.32 Å². The van der Waals surface area contributed by atoms with E-state index < -0.39 is 0 Å². The number of hydrogen-bond acceptors (Lipinski definition) is 2. The minimum absolute atomic E-state index is 0.189. The summed E-state index contributed by atoms with van der Waals surface area (Å²) in [5.41, 5.74) is 1.91. The Kier molecular flexibility index (Phi) is 5.09. The second-order valence-electron chi connectivity index (χ2n) is 3.94. The quantitative estimate of drug-likeness (QED) is 0.783. The van der Waals surface area contributed by atoms with Crippen LogP contribution in [0.15, 0.2) is 54.6 Å². The van der Waals surface area contributed by atoms with Crippen LogP contribution in [0.4, 0.5) is 10.1 Å². The molecule has 2 aromatic carbocycles. The Morgan fingerprint density at radius 3 is 2.44 bits per heavy atom. The van der Waals surface area contributed by atoms with Crippen molar-refractivity contribution in [3.05, 3.63) is 66.0 Å². The first-order chi connectivity index (χ1) is 8.86. The molecule has 2 aromatic rings. The van der Waals surface area contributed by atoms with E-state index in [1.54, 1.807) is 12.1 Å². The van der Waals surface area contributed by atoms with E-state index in [0.29, 0.717) is 5.69 Å². The van der Waals surface area contributed by atoms with Crippen LogP contribution in [0, 0.1) is 5.82 Å². The van der Waals surface area contributed by atoms with Gasteiger partial charge in [-0.3, -0.25) is 0 Å². The number of halogens is 1. The Balaban J connectivity index is 1.66. The Bertz CT molecular complexity index is 473. The van der Waals surface area contributed by atoms with Crippen molar-refractivity contribution in [1.82, 2.24) is 0 Å². The molecule has 0 heterocycles. The summed E-state index contributed by atoms with van der Waals surface area (Å²) >= 11 is 1.85. The molecule has 3 heteroatoms. The molecule has 0 unspecified atom stereocenters. The third-order valence-electron chi connectivity index (χ3n) is 2.55. The maximum Gasteiger partial charge on any atom is 0.146 e. The number of thioether (sulfide) groups is 1. The van der Waals surface area contributed by atoms with Crippen molar-refractivity contribution in [2.45, 2.75) is 5.75 Å². The van der Waals surface area contributed by atoms with E-state index in [4.69, 9.17) is 0 Å². The van der Waals surface area contributed by atoms with Gasteiger partial charge < -0.3 is 5.32 Å². The molecule has 0 fully saturated rings. The van der Waals surface area contributed by atoms with Gasteiger partial charge in [0.15, 0.2) is 0 Å². The molecule has 0 amide bonds. The second-order valence-corrected chi connectivity index (χ2v) is 5.05. The van der Waals surface area contributed by atoms with Crippen molar-refractivity contribution in [2.24, 2.45) is 0 Å². The minimum Gasteiger partial charge on any atom is -0.382 e. The first-order valence-corrected chi connectivity index (χ1v) is 7.12. The average molecular weight is 261 g/mol. The molecular weight excluding hydrogens is 245 g/mol. The molecule has 0 saturated carbocycles. The van der Waals surface area contributed by atoms with E-state index >= 15 is 0 Å². The second kappa shape index (κ2) is 7.07. The number of para-hydroxylation sites is 1. The van der Waals surface area contributed by atoms with Crippen LogP contribution >= 0.6 is 11.8 Å². The van der Waals surface area contributed by atoms with Gasteiger partial charge in [0.05, 0.1) is 5.69 Å². The molecule has 94 valence electrons. The van der Waals surface area contributed by atoms with Crippen molar-refractivity contribution in [1.29, 1.82) is 0 Å². The Hall–Kier alpha value is -1.48. The molecule has 0 radical (unpaired) electrons. The monoisotopic (exact) mass is 261 g/mol. The highest BCUT2D eigenvalue weighted by atomic mass is 32.2. The van der Waals surface area contributed by atoms with Crippen LogP contribution in [0.2, 0.25) is 0 Å². The number of nitrogens with one attached hydrogen (secondary N) is 1. The first-order valence-electron chi connectivity index (χ1n) is 5.96. The largest absolute Gasteiger partial charge is 0.382 e. The Labute approximate surface area is 111 Å². The van der Waals surface area contributed by atoms with Crippen molar-refractivity contribution < 1.29 is 4.39 Å². The van der Waals surface area contributed by atoms with Crippen molar-refractivity contribution in [3.63, 3.8) is 0 Å². The highest BCUT2D eigenvalue weighted by molar-refractivity contribution is 7.98. The number of anilines is 1. The molecule has 1 nitrogen and oxygen atoms in total. The fourth-order valence-electron chi connectivity index (χ4n) is 1.63. The summed E-state index contributed by atoms with van der Waals surface area (Å²) in [4.78, 5) is 0. The van der Waals surface area contributed by atoms with Crippen LogP contribution in [-0.2, 0) is 5.75 Å². The minimum atomic E-state index is -0.189. The third-order valence-corrected chi connectivity index (χ3v) is 3.58. The standard InChI is InChI=1S/C15H16FNS/c16-14-8-4-5-9-15(14)17-10-11-18-12-13-6-2-1-3-7-13/h1-9,17H,10-12H2. The smallest absolute Gasteiger partial charge is 0.146 e. The van der Waals surface area contributed by atoms with Crippen LogP contribution in [-0.4, -0.2) is 12.3 Å². The van der Waals surface area contributed by atoms with Gasteiger partial charge in [-0.25, -0.2) is 4.39 Å². The number of benzene rings is 2. The zero-order chi connectivity index (χ0) is 12.6. The lowest BCUT2D eigenvalue weighted by Gasteiger charge is -2.07. The van der Waals surface area contributed by atoms with E-state index in [1.165, 1.54) is 11.6 Å². The van der Waals surface area contributed by atoms with E-state index in [-0.39, 0.29) is 5.82 Å². The maximum absolute atomic E-state index is 13.3. The van der Waals surface area contributed by atoms with Crippen molar-refractivity contribution in [3.8, 4) is 0 Å². The van der Waals surface area contributed by atoms with Gasteiger partial charge in [-0.1, -0.05) is 42.5 Å². The molecule has 0 spiro atoms. The predicted molar refractivity (Wildman–Crippen MR) is 77.5 cm³/mol. The summed E-state index contributed by atoms with van der Waals surface area (Å²) in [5, 5.41) is 3.10. The van der Waals surface area contributed by atoms with Gasteiger partial charge in [0.1, 0.15) is 5.82 Å². The van der Waals surface area contributed by atoms with Crippen molar-refractivity contribution in [2.75, 3.05) is 17.6 Å². The molecule has 1 N–H and O–H groups in total. The Morgan fingerprint density at radius 1 is 0.944 bits per heavy atom. The van der Waals surface area contributed by atoms with E-state index in [0.717, 1.165) is 18.1 Å². The Morgan fingerprint density at radius 2 is 1.67 bits per heavy atom. The van der Waals surface area contributed by atoms with E-state index in [9.17, 15) is 4.39 Å². The fourth-order valence-corrected chi connectivity index (χ4v) is 2.45. The van der Waals surface area contributed by atoms with Gasteiger partial charge in [0, 0.05) is 18.1 Å². The van der Waals surface area contributed by atoms with Gasteiger partial charge in [0.25, 0.3) is 0 Å². The molecule has 0 atom stereocenters. The molecule has 0 aliphatic carbocycles. The molecule has 0 saturated heterocycles. The summed E-state index contributed by atoms with van der Waals surface area (Å²) in [6, 6.07) is 17.1. The molecule has 0 bridgehead atoms. The molecule has 0 aromatic heterocycles. The first kappa shape index (κ1) is 13.0. The predicted octanol–water partition coefficient (Wildman–Crippen LogP) is 4.17. The summed E-state index contributed by atoms with van der Waals surface area (Å²) < 4.78 is 13.3. The number of hydrogen-bond donors (Lipinski definition) is 1. The summed E-state index contributed by atoms with van der Waals surface area (Å²) in [7, 11) is 0. The normalized spacial score (nSPS) is 10.3. The lowest BCUT2D eigenvalue weighted by Crippen LogP contribution is -2.05. The zero-order valence-corrected chi connectivity index (χ0v) is 10.9. The SMILES string of the molecule is Fc1ccccc1NCCSCc1ccccc1. The average Bonchev–Trinajstić information content (AvgIpc) is 2.42. The maximum atomic E-state index is 13.3. The topological polar surface area (TPSA) is 12.0 Å². The van der Waals surface area contributed by atoms with E-state index in [1.807, 2.05) is 36.0 Å². The molecule has 0 aliphatic rings. The van der Waals surface area contributed by atoms with Gasteiger partial charge in [-0.15, -0.1) is 0 Å². The zero-order valence-electron chi connectivity index (χ0n) is 10.1. The van der Waals surface area contributed by atoms with Crippen LogP contribution in [0.25, 0.3) is 0 Å². The van der Waals surface area contributed by atoms with Crippen LogP contribution in [0.3, 0.4) is 0 Å². The summed E-state index contributed by atoms with van der Waals surface area (Å²) in [6.07, 6.45) is 0.